The van der Waals surface area contributed by atoms with Gasteiger partial charge in [0.15, 0.2) is 0 Å². The van der Waals surface area contributed by atoms with Gasteiger partial charge in [0, 0.05) is 6.61 Å². The molecule has 0 atom stereocenters. The van der Waals surface area contributed by atoms with Crippen LogP contribution in [0, 0.1) is 0 Å². The molecule has 0 unspecified atom stereocenters. The largest absolute Gasteiger partial charge is 0.396 e. The highest BCUT2D eigenvalue weighted by Crippen LogP contribution is 2.12. The van der Waals surface area contributed by atoms with Gasteiger partial charge in [0.1, 0.15) is 0 Å². The zero-order valence-corrected chi connectivity index (χ0v) is 14.3. The molecular weight excluding hydrogens is 246 g/mol. The Morgan fingerprint density at radius 3 is 1.05 bits per heavy atom. The van der Waals surface area contributed by atoms with Crippen LogP contribution in [0.15, 0.2) is 0 Å². The van der Waals surface area contributed by atoms with Crippen molar-refractivity contribution < 1.29 is 5.11 Å². The highest BCUT2D eigenvalue weighted by molar-refractivity contribution is 4.48. The van der Waals surface area contributed by atoms with E-state index in [0.717, 1.165) is 13.0 Å². The Labute approximate surface area is 128 Å². The first-order valence-electron chi connectivity index (χ1n) is 9.14. The summed E-state index contributed by atoms with van der Waals surface area (Å²) in [6.45, 7) is 5.30. The highest BCUT2D eigenvalue weighted by atomic mass is 16.2. The van der Waals surface area contributed by atoms with Crippen LogP contribution in [0.25, 0.3) is 0 Å². The van der Waals surface area contributed by atoms with Crippen LogP contribution in [-0.2, 0) is 0 Å². The molecule has 20 heavy (non-hydrogen) atoms. The minimum Gasteiger partial charge on any atom is -0.396 e. The van der Waals surface area contributed by atoms with E-state index in [9.17, 15) is 0 Å². The van der Waals surface area contributed by atoms with E-state index in [1.165, 1.54) is 83.5 Å². The number of aliphatic hydroxyl groups is 1. The molecule has 2 heteroatoms. The summed E-state index contributed by atoms with van der Waals surface area (Å²) < 4.78 is 0. The summed E-state index contributed by atoms with van der Waals surface area (Å²) in [6.07, 6.45) is 19.2. The minimum atomic E-state index is 0.373. The standard InChI is InChI=1S/C16H34O.C2H7N/c1-2-3-4-5-6-7-8-9-10-11-12-13-14-15-16-17;1-2-3/h17H,2-16H2,1H3;2-3H2,1H3. The van der Waals surface area contributed by atoms with E-state index in [-0.39, 0.29) is 0 Å². The Kier molecular flexibility index (Phi) is 26.6. The molecule has 0 amide bonds. The maximum Gasteiger partial charge on any atom is 0.0431 e. The molecule has 0 aliphatic rings. The molecule has 0 bridgehead atoms. The van der Waals surface area contributed by atoms with Gasteiger partial charge in [-0.05, 0) is 13.0 Å². The third-order valence-corrected chi connectivity index (χ3v) is 3.51. The number of hydrogen-bond donors (Lipinski definition) is 2. The van der Waals surface area contributed by atoms with Gasteiger partial charge in [-0.2, -0.15) is 0 Å². The van der Waals surface area contributed by atoms with Crippen LogP contribution in [0.4, 0.5) is 0 Å². The van der Waals surface area contributed by atoms with Crippen molar-refractivity contribution in [2.45, 2.75) is 104 Å². The van der Waals surface area contributed by atoms with Crippen molar-refractivity contribution in [1.82, 2.24) is 0 Å². The summed E-state index contributed by atoms with van der Waals surface area (Å²) in [4.78, 5) is 0. The van der Waals surface area contributed by atoms with Crippen molar-refractivity contribution in [3.63, 3.8) is 0 Å². The lowest BCUT2D eigenvalue weighted by Crippen LogP contribution is -1.87. The Morgan fingerprint density at radius 1 is 0.550 bits per heavy atom. The summed E-state index contributed by atoms with van der Waals surface area (Å²) in [5, 5.41) is 8.64. The molecule has 2 nitrogen and oxygen atoms in total. The predicted octanol–water partition coefficient (Wildman–Crippen LogP) is 5.43. The second kappa shape index (κ2) is 24.0. The van der Waals surface area contributed by atoms with E-state index in [1.807, 2.05) is 6.92 Å². The van der Waals surface area contributed by atoms with Crippen molar-refractivity contribution >= 4 is 0 Å². The average molecular weight is 288 g/mol. The lowest BCUT2D eigenvalue weighted by Gasteiger charge is -2.02. The SMILES string of the molecule is CCCCCCCCCCCCCCCCO.CCN. The van der Waals surface area contributed by atoms with Gasteiger partial charge in [-0.3, -0.25) is 0 Å². The first kappa shape index (κ1) is 22.2. The molecule has 0 aromatic rings. The van der Waals surface area contributed by atoms with Crippen LogP contribution in [0.3, 0.4) is 0 Å². The fraction of sp³-hybridized carbons (Fsp3) is 1.00. The lowest BCUT2D eigenvalue weighted by atomic mass is 10.0. The van der Waals surface area contributed by atoms with Crippen LogP contribution < -0.4 is 5.73 Å². The number of nitrogens with two attached hydrogens (primary N) is 1. The third-order valence-electron chi connectivity index (χ3n) is 3.51. The Bertz CT molecular complexity index is 125. The van der Waals surface area contributed by atoms with Gasteiger partial charge < -0.3 is 10.8 Å². The maximum atomic E-state index is 8.64. The van der Waals surface area contributed by atoms with Crippen molar-refractivity contribution in [2.75, 3.05) is 13.2 Å². The second-order valence-electron chi connectivity index (χ2n) is 5.73. The Balaban J connectivity index is 0. The molecule has 0 spiro atoms. The molecule has 0 heterocycles. The van der Waals surface area contributed by atoms with Gasteiger partial charge in [-0.1, -0.05) is 97.3 Å². The number of rotatable bonds is 14. The smallest absolute Gasteiger partial charge is 0.0431 e. The minimum absolute atomic E-state index is 0.373. The zero-order valence-electron chi connectivity index (χ0n) is 14.3. The van der Waals surface area contributed by atoms with Gasteiger partial charge in [0.2, 0.25) is 0 Å². The van der Waals surface area contributed by atoms with Crippen LogP contribution >= 0.6 is 0 Å². The van der Waals surface area contributed by atoms with E-state index in [4.69, 9.17) is 10.8 Å². The third kappa shape index (κ3) is 26.5. The van der Waals surface area contributed by atoms with E-state index in [2.05, 4.69) is 6.92 Å². The Morgan fingerprint density at radius 2 is 0.800 bits per heavy atom. The molecule has 0 aliphatic carbocycles. The van der Waals surface area contributed by atoms with Crippen LogP contribution in [0.2, 0.25) is 0 Å². The quantitative estimate of drug-likeness (QED) is 0.419. The van der Waals surface area contributed by atoms with Crippen molar-refractivity contribution in [3.8, 4) is 0 Å². The van der Waals surface area contributed by atoms with Crippen LogP contribution in [0.5, 0.6) is 0 Å². The number of aliphatic hydroxyl groups excluding tert-OH is 1. The molecule has 124 valence electrons. The van der Waals surface area contributed by atoms with Crippen LogP contribution in [-0.4, -0.2) is 18.3 Å². The molecule has 0 rings (SSSR count). The first-order valence-corrected chi connectivity index (χ1v) is 9.14. The summed E-state index contributed by atoms with van der Waals surface area (Å²) in [7, 11) is 0. The van der Waals surface area contributed by atoms with Crippen molar-refractivity contribution in [2.24, 2.45) is 5.73 Å². The first-order chi connectivity index (χ1) is 9.83. The van der Waals surface area contributed by atoms with Gasteiger partial charge in [0.25, 0.3) is 0 Å². The lowest BCUT2D eigenvalue weighted by molar-refractivity contribution is 0.282. The normalized spacial score (nSPS) is 10.2. The maximum absolute atomic E-state index is 8.64. The monoisotopic (exact) mass is 287 g/mol. The fourth-order valence-corrected chi connectivity index (χ4v) is 2.31. The average Bonchev–Trinajstić information content (AvgIpc) is 2.45. The van der Waals surface area contributed by atoms with Gasteiger partial charge in [-0.25, -0.2) is 0 Å². The molecule has 0 radical (unpaired) electrons. The summed E-state index contributed by atoms with van der Waals surface area (Å²) in [5.74, 6) is 0. The Hall–Kier alpha value is -0.0800. The molecule has 0 saturated carbocycles. The number of unbranched alkanes of at least 4 members (excludes halogenated alkanes) is 13. The summed E-state index contributed by atoms with van der Waals surface area (Å²) >= 11 is 0. The molecule has 0 aliphatic heterocycles. The molecular formula is C18H41NO. The van der Waals surface area contributed by atoms with Crippen molar-refractivity contribution in [1.29, 1.82) is 0 Å². The van der Waals surface area contributed by atoms with Gasteiger partial charge >= 0.3 is 0 Å². The van der Waals surface area contributed by atoms with E-state index >= 15 is 0 Å². The van der Waals surface area contributed by atoms with E-state index in [0.29, 0.717) is 6.61 Å². The zero-order chi connectivity index (χ0) is 15.3. The van der Waals surface area contributed by atoms with E-state index < -0.39 is 0 Å². The predicted molar refractivity (Wildman–Crippen MR) is 92.1 cm³/mol. The second-order valence-corrected chi connectivity index (χ2v) is 5.73. The molecule has 0 saturated heterocycles. The number of hydrogen-bond acceptors (Lipinski definition) is 2. The summed E-state index contributed by atoms with van der Waals surface area (Å²) in [6, 6.07) is 0. The molecule has 3 N–H and O–H groups in total. The molecule has 0 aromatic carbocycles. The topological polar surface area (TPSA) is 46.2 Å². The summed E-state index contributed by atoms with van der Waals surface area (Å²) in [5.41, 5.74) is 4.85. The molecule has 0 fully saturated rings. The fourth-order valence-electron chi connectivity index (χ4n) is 2.31. The van der Waals surface area contributed by atoms with E-state index in [1.54, 1.807) is 0 Å². The van der Waals surface area contributed by atoms with Crippen LogP contribution in [0.1, 0.15) is 104 Å². The van der Waals surface area contributed by atoms with Gasteiger partial charge in [0.05, 0.1) is 0 Å². The highest BCUT2D eigenvalue weighted by Gasteiger charge is 1.93. The van der Waals surface area contributed by atoms with Gasteiger partial charge in [-0.15, -0.1) is 0 Å². The molecule has 0 aromatic heterocycles. The van der Waals surface area contributed by atoms with Crippen molar-refractivity contribution in [3.05, 3.63) is 0 Å².